The number of nitriles is 1. The predicted molar refractivity (Wildman–Crippen MR) is 58.3 cm³/mol. The summed E-state index contributed by atoms with van der Waals surface area (Å²) in [5.41, 5.74) is 0. The third-order valence-electron chi connectivity index (χ3n) is 3.60. The van der Waals surface area contributed by atoms with Crippen LogP contribution in [0.1, 0.15) is 38.5 Å². The molecule has 15 heavy (non-hydrogen) atoms. The van der Waals surface area contributed by atoms with Gasteiger partial charge in [0.05, 0.1) is 12.7 Å². The van der Waals surface area contributed by atoms with Gasteiger partial charge in [0.1, 0.15) is 6.04 Å². The average molecular weight is 208 g/mol. The lowest BCUT2D eigenvalue weighted by molar-refractivity contribution is 0.178. The smallest absolute Gasteiger partial charge is 0.101 e. The van der Waals surface area contributed by atoms with E-state index in [2.05, 4.69) is 11.4 Å². The quantitative estimate of drug-likeness (QED) is 0.769. The number of ether oxygens (including phenoxy) is 1. The van der Waals surface area contributed by atoms with Crippen molar-refractivity contribution in [2.24, 2.45) is 5.92 Å². The van der Waals surface area contributed by atoms with Crippen LogP contribution in [-0.2, 0) is 4.74 Å². The van der Waals surface area contributed by atoms with Crippen molar-refractivity contribution in [3.05, 3.63) is 0 Å². The maximum Gasteiger partial charge on any atom is 0.101 e. The lowest BCUT2D eigenvalue weighted by atomic mass is 9.92. The normalized spacial score (nSPS) is 29.9. The molecule has 3 heteroatoms. The molecule has 1 aliphatic heterocycles. The summed E-state index contributed by atoms with van der Waals surface area (Å²) in [4.78, 5) is 0. The van der Waals surface area contributed by atoms with E-state index in [1.807, 2.05) is 0 Å². The Morgan fingerprint density at radius 3 is 2.60 bits per heavy atom. The molecule has 1 heterocycles. The van der Waals surface area contributed by atoms with E-state index in [0.29, 0.717) is 12.0 Å². The van der Waals surface area contributed by atoms with Crippen LogP contribution in [0.25, 0.3) is 0 Å². The second-order valence-corrected chi connectivity index (χ2v) is 4.73. The molecule has 1 aliphatic carbocycles. The van der Waals surface area contributed by atoms with Gasteiger partial charge in [0.15, 0.2) is 0 Å². The molecular weight excluding hydrogens is 188 g/mol. The minimum absolute atomic E-state index is 0.00981. The first kappa shape index (κ1) is 10.9. The van der Waals surface area contributed by atoms with Gasteiger partial charge in [0.2, 0.25) is 0 Å². The Morgan fingerprint density at radius 2 is 2.00 bits per heavy atom. The summed E-state index contributed by atoms with van der Waals surface area (Å²) in [6.45, 7) is 1.59. The average Bonchev–Trinajstić information content (AvgIpc) is 2.81. The largest absolute Gasteiger partial charge is 0.381 e. The van der Waals surface area contributed by atoms with Gasteiger partial charge < -0.3 is 4.74 Å². The van der Waals surface area contributed by atoms with Crippen molar-refractivity contribution < 1.29 is 4.74 Å². The zero-order chi connectivity index (χ0) is 10.5. The van der Waals surface area contributed by atoms with E-state index in [0.717, 1.165) is 19.6 Å². The molecule has 0 spiro atoms. The highest BCUT2D eigenvalue weighted by Crippen LogP contribution is 2.21. The Bertz CT molecular complexity index is 224. The lowest BCUT2D eigenvalue weighted by Gasteiger charge is -2.27. The molecule has 2 unspecified atom stereocenters. The van der Waals surface area contributed by atoms with E-state index in [4.69, 9.17) is 10.00 Å². The van der Waals surface area contributed by atoms with Crippen LogP contribution in [0.3, 0.4) is 0 Å². The number of hydrogen-bond donors (Lipinski definition) is 1. The minimum Gasteiger partial charge on any atom is -0.381 e. The SMILES string of the molecule is N#CC(NC1CCCCC1)C1CCOC1. The minimum atomic E-state index is 0.00981. The van der Waals surface area contributed by atoms with Gasteiger partial charge in [-0.3, -0.25) is 5.32 Å². The molecule has 0 bridgehead atoms. The Balaban J connectivity index is 1.81. The van der Waals surface area contributed by atoms with Gasteiger partial charge in [0.25, 0.3) is 0 Å². The fourth-order valence-corrected chi connectivity index (χ4v) is 2.62. The molecule has 0 aromatic heterocycles. The summed E-state index contributed by atoms with van der Waals surface area (Å²) in [5.74, 6) is 0.414. The molecule has 2 fully saturated rings. The van der Waals surface area contributed by atoms with Gasteiger partial charge in [-0.05, 0) is 19.3 Å². The van der Waals surface area contributed by atoms with Crippen molar-refractivity contribution in [1.29, 1.82) is 5.26 Å². The fraction of sp³-hybridized carbons (Fsp3) is 0.917. The van der Waals surface area contributed by atoms with E-state index in [9.17, 15) is 0 Å². The van der Waals surface area contributed by atoms with Crippen LogP contribution in [0, 0.1) is 17.2 Å². The highest BCUT2D eigenvalue weighted by molar-refractivity contribution is 4.98. The van der Waals surface area contributed by atoms with E-state index in [1.165, 1.54) is 32.1 Å². The third kappa shape index (κ3) is 2.93. The van der Waals surface area contributed by atoms with Gasteiger partial charge in [-0.2, -0.15) is 5.26 Å². The van der Waals surface area contributed by atoms with Crippen LogP contribution >= 0.6 is 0 Å². The molecule has 1 N–H and O–H groups in total. The summed E-state index contributed by atoms with van der Waals surface area (Å²) >= 11 is 0. The van der Waals surface area contributed by atoms with Gasteiger partial charge >= 0.3 is 0 Å². The first-order valence-electron chi connectivity index (χ1n) is 6.13. The summed E-state index contributed by atoms with van der Waals surface area (Å²) in [5, 5.41) is 12.7. The molecule has 2 aliphatic rings. The Kier molecular flexibility index (Phi) is 3.99. The maximum absolute atomic E-state index is 9.15. The second kappa shape index (κ2) is 5.48. The number of rotatable bonds is 3. The first-order chi connectivity index (χ1) is 7.40. The molecule has 2 rings (SSSR count). The summed E-state index contributed by atoms with van der Waals surface area (Å²) in [6, 6.07) is 2.98. The third-order valence-corrected chi connectivity index (χ3v) is 3.60. The van der Waals surface area contributed by atoms with Gasteiger partial charge in [0, 0.05) is 18.6 Å². The maximum atomic E-state index is 9.15. The number of hydrogen-bond acceptors (Lipinski definition) is 3. The standard InChI is InChI=1S/C12H20N2O/c13-8-12(10-6-7-15-9-10)14-11-4-2-1-3-5-11/h10-12,14H,1-7,9H2. The Labute approximate surface area is 91.8 Å². The van der Waals surface area contributed by atoms with Crippen molar-refractivity contribution in [1.82, 2.24) is 5.32 Å². The van der Waals surface area contributed by atoms with Gasteiger partial charge in [-0.15, -0.1) is 0 Å². The summed E-state index contributed by atoms with van der Waals surface area (Å²) < 4.78 is 5.34. The molecule has 3 nitrogen and oxygen atoms in total. The van der Waals surface area contributed by atoms with Crippen molar-refractivity contribution in [2.75, 3.05) is 13.2 Å². The molecule has 84 valence electrons. The van der Waals surface area contributed by atoms with Crippen LogP contribution in [-0.4, -0.2) is 25.3 Å². The first-order valence-corrected chi connectivity index (χ1v) is 6.13. The van der Waals surface area contributed by atoms with Crippen molar-refractivity contribution in [2.45, 2.75) is 50.6 Å². The van der Waals surface area contributed by atoms with Crippen molar-refractivity contribution >= 4 is 0 Å². The molecule has 0 aromatic rings. The van der Waals surface area contributed by atoms with Crippen LogP contribution < -0.4 is 5.32 Å². The van der Waals surface area contributed by atoms with E-state index < -0.39 is 0 Å². The second-order valence-electron chi connectivity index (χ2n) is 4.73. The predicted octanol–water partition coefficient (Wildman–Crippen LogP) is 1.84. The number of nitrogens with one attached hydrogen (secondary N) is 1. The molecule has 2 atom stereocenters. The van der Waals surface area contributed by atoms with E-state index in [-0.39, 0.29) is 6.04 Å². The van der Waals surface area contributed by atoms with E-state index >= 15 is 0 Å². The molecule has 1 saturated carbocycles. The van der Waals surface area contributed by atoms with Gasteiger partial charge in [-0.25, -0.2) is 0 Å². The van der Waals surface area contributed by atoms with Crippen LogP contribution in [0.5, 0.6) is 0 Å². The highest BCUT2D eigenvalue weighted by Gasteiger charge is 2.27. The molecular formula is C12H20N2O. The zero-order valence-electron chi connectivity index (χ0n) is 9.24. The lowest BCUT2D eigenvalue weighted by Crippen LogP contribution is -2.43. The van der Waals surface area contributed by atoms with E-state index in [1.54, 1.807) is 0 Å². The molecule has 0 amide bonds. The Morgan fingerprint density at radius 1 is 1.20 bits per heavy atom. The van der Waals surface area contributed by atoms with Crippen LogP contribution in [0.4, 0.5) is 0 Å². The molecule has 0 aromatic carbocycles. The summed E-state index contributed by atoms with van der Waals surface area (Å²) in [7, 11) is 0. The zero-order valence-corrected chi connectivity index (χ0v) is 9.24. The van der Waals surface area contributed by atoms with Crippen molar-refractivity contribution in [3.8, 4) is 6.07 Å². The molecule has 0 radical (unpaired) electrons. The fourth-order valence-electron chi connectivity index (χ4n) is 2.62. The van der Waals surface area contributed by atoms with Crippen LogP contribution in [0.15, 0.2) is 0 Å². The molecule has 1 saturated heterocycles. The topological polar surface area (TPSA) is 45.0 Å². The monoisotopic (exact) mass is 208 g/mol. The van der Waals surface area contributed by atoms with Crippen molar-refractivity contribution in [3.63, 3.8) is 0 Å². The van der Waals surface area contributed by atoms with Crippen LogP contribution in [0.2, 0.25) is 0 Å². The Hall–Kier alpha value is -0.590. The number of nitrogens with zero attached hydrogens (tertiary/aromatic N) is 1. The highest BCUT2D eigenvalue weighted by atomic mass is 16.5. The summed E-state index contributed by atoms with van der Waals surface area (Å²) in [6.07, 6.45) is 7.52. The van der Waals surface area contributed by atoms with Gasteiger partial charge in [-0.1, -0.05) is 19.3 Å².